The van der Waals surface area contributed by atoms with Crippen LogP contribution >= 0.6 is 0 Å². The Morgan fingerprint density at radius 3 is 1.45 bits per heavy atom. The first kappa shape index (κ1) is 13.5. The third-order valence-corrected chi connectivity index (χ3v) is 1.78. The highest BCUT2D eigenvalue weighted by atomic mass is 15.1. The fourth-order valence-electron chi connectivity index (χ4n) is 1.06. The fourth-order valence-corrected chi connectivity index (χ4v) is 1.06. The van der Waals surface area contributed by atoms with Crippen LogP contribution in [0.25, 0.3) is 0 Å². The first-order valence-corrected chi connectivity index (χ1v) is 4.85. The van der Waals surface area contributed by atoms with E-state index < -0.39 is 0 Å². The van der Waals surface area contributed by atoms with Crippen LogP contribution in [0.1, 0.15) is 40.5 Å². The Morgan fingerprint density at radius 1 is 1.00 bits per heavy atom. The maximum Gasteiger partial charge on any atom is 0.000335 e. The quantitative estimate of drug-likeness (QED) is 0.609. The molecule has 0 fully saturated rings. The molecule has 0 aliphatic rings. The molecular formula is C10H25N. The maximum absolute atomic E-state index is 2.26. The Kier molecular flexibility index (Phi) is 12.3. The van der Waals surface area contributed by atoms with Crippen LogP contribution in [-0.4, -0.2) is 25.5 Å². The lowest BCUT2D eigenvalue weighted by Gasteiger charge is -2.17. The average Bonchev–Trinajstić information content (AvgIpc) is 2.03. The van der Waals surface area contributed by atoms with Crippen LogP contribution in [-0.2, 0) is 0 Å². The molecule has 0 atom stereocenters. The zero-order valence-electron chi connectivity index (χ0n) is 9.15. The molecule has 0 aromatic carbocycles. The Bertz CT molecular complexity index is 55.9. The molecule has 0 amide bonds. The minimum Gasteiger partial charge on any atom is -0.309 e. The predicted molar refractivity (Wildman–Crippen MR) is 54.0 cm³/mol. The summed E-state index contributed by atoms with van der Waals surface area (Å²) >= 11 is 0. The molecule has 0 bridgehead atoms. The maximum atomic E-state index is 2.26. The van der Waals surface area contributed by atoms with Crippen molar-refractivity contribution in [3.8, 4) is 0 Å². The zero-order chi connectivity index (χ0) is 9.28. The number of rotatable bonds is 4. The highest BCUT2D eigenvalue weighted by Gasteiger charge is 2.02. The van der Waals surface area contributed by atoms with Crippen LogP contribution in [0.3, 0.4) is 0 Å². The summed E-state index contributed by atoms with van der Waals surface area (Å²) in [5, 5.41) is 0. The Labute approximate surface area is 72.8 Å². The molecule has 1 heteroatoms. The second-order valence-corrected chi connectivity index (χ2v) is 2.94. The first-order chi connectivity index (χ1) is 5.20. The van der Waals surface area contributed by atoms with E-state index in [9.17, 15) is 0 Å². The topological polar surface area (TPSA) is 3.24 Å². The SMILES string of the molecule is CC.CCC(CC)CN(C)C. The van der Waals surface area contributed by atoms with Crippen molar-refractivity contribution in [2.75, 3.05) is 20.6 Å². The number of hydrogen-bond acceptors (Lipinski definition) is 1. The van der Waals surface area contributed by atoms with Gasteiger partial charge < -0.3 is 4.90 Å². The summed E-state index contributed by atoms with van der Waals surface area (Å²) in [4.78, 5) is 2.26. The molecule has 0 saturated carbocycles. The van der Waals surface area contributed by atoms with Crippen LogP contribution in [0.5, 0.6) is 0 Å². The standard InChI is InChI=1S/C8H19N.C2H6/c1-5-8(6-2)7-9(3)4;1-2/h8H,5-7H2,1-4H3;1-2H3. The average molecular weight is 159 g/mol. The molecule has 0 rings (SSSR count). The fraction of sp³-hybridized carbons (Fsp3) is 1.00. The van der Waals surface area contributed by atoms with E-state index in [1.54, 1.807) is 0 Å². The van der Waals surface area contributed by atoms with Gasteiger partial charge in [-0.05, 0) is 20.0 Å². The van der Waals surface area contributed by atoms with E-state index in [1.165, 1.54) is 19.4 Å². The van der Waals surface area contributed by atoms with E-state index in [0.717, 1.165) is 5.92 Å². The zero-order valence-corrected chi connectivity index (χ0v) is 9.15. The second-order valence-electron chi connectivity index (χ2n) is 2.94. The predicted octanol–water partition coefficient (Wildman–Crippen LogP) is 3.01. The molecule has 0 unspecified atom stereocenters. The van der Waals surface area contributed by atoms with Crippen molar-refractivity contribution in [1.29, 1.82) is 0 Å². The molecule has 1 nitrogen and oxygen atoms in total. The van der Waals surface area contributed by atoms with Crippen LogP contribution in [0.4, 0.5) is 0 Å². The summed E-state index contributed by atoms with van der Waals surface area (Å²) < 4.78 is 0. The lowest BCUT2D eigenvalue weighted by atomic mass is 10.0. The lowest BCUT2D eigenvalue weighted by Crippen LogP contribution is -2.20. The van der Waals surface area contributed by atoms with E-state index in [-0.39, 0.29) is 0 Å². The van der Waals surface area contributed by atoms with Gasteiger partial charge in [0, 0.05) is 6.54 Å². The van der Waals surface area contributed by atoms with Crippen molar-refractivity contribution in [3.05, 3.63) is 0 Å². The molecule has 11 heavy (non-hydrogen) atoms. The van der Waals surface area contributed by atoms with Crippen LogP contribution in [0, 0.1) is 5.92 Å². The molecule has 0 radical (unpaired) electrons. The van der Waals surface area contributed by atoms with Gasteiger partial charge in [0.05, 0.1) is 0 Å². The first-order valence-electron chi connectivity index (χ1n) is 4.85. The second kappa shape index (κ2) is 9.96. The van der Waals surface area contributed by atoms with Crippen molar-refractivity contribution in [1.82, 2.24) is 4.90 Å². The molecule has 70 valence electrons. The molecule has 0 aromatic heterocycles. The molecule has 0 spiro atoms. The third kappa shape index (κ3) is 9.96. The van der Waals surface area contributed by atoms with E-state index in [4.69, 9.17) is 0 Å². The monoisotopic (exact) mass is 159 g/mol. The molecule has 0 heterocycles. The van der Waals surface area contributed by atoms with Gasteiger partial charge in [-0.3, -0.25) is 0 Å². The Morgan fingerprint density at radius 2 is 1.36 bits per heavy atom. The van der Waals surface area contributed by atoms with Gasteiger partial charge in [-0.15, -0.1) is 0 Å². The Balaban J connectivity index is 0. The summed E-state index contributed by atoms with van der Waals surface area (Å²) in [6.07, 6.45) is 2.63. The Hall–Kier alpha value is -0.0400. The highest BCUT2D eigenvalue weighted by molar-refractivity contribution is 4.56. The minimum absolute atomic E-state index is 0.903. The third-order valence-electron chi connectivity index (χ3n) is 1.78. The highest BCUT2D eigenvalue weighted by Crippen LogP contribution is 2.06. The van der Waals surface area contributed by atoms with Crippen molar-refractivity contribution < 1.29 is 0 Å². The molecule has 0 aromatic rings. The van der Waals surface area contributed by atoms with Gasteiger partial charge in [-0.25, -0.2) is 0 Å². The summed E-state index contributed by atoms with van der Waals surface area (Å²) in [6, 6.07) is 0. The van der Waals surface area contributed by atoms with E-state index in [0.29, 0.717) is 0 Å². The van der Waals surface area contributed by atoms with E-state index in [1.807, 2.05) is 13.8 Å². The van der Waals surface area contributed by atoms with Crippen molar-refractivity contribution in [3.63, 3.8) is 0 Å². The van der Waals surface area contributed by atoms with Gasteiger partial charge in [0.2, 0.25) is 0 Å². The van der Waals surface area contributed by atoms with Gasteiger partial charge in [-0.1, -0.05) is 40.5 Å². The van der Waals surface area contributed by atoms with Gasteiger partial charge in [-0.2, -0.15) is 0 Å². The molecular weight excluding hydrogens is 134 g/mol. The molecule has 0 saturated heterocycles. The van der Waals surface area contributed by atoms with Gasteiger partial charge in [0.15, 0.2) is 0 Å². The largest absolute Gasteiger partial charge is 0.309 e. The van der Waals surface area contributed by atoms with Crippen LogP contribution in [0.2, 0.25) is 0 Å². The summed E-state index contributed by atoms with van der Waals surface area (Å²) in [6.45, 7) is 9.77. The molecule has 0 N–H and O–H groups in total. The van der Waals surface area contributed by atoms with Gasteiger partial charge >= 0.3 is 0 Å². The van der Waals surface area contributed by atoms with E-state index >= 15 is 0 Å². The lowest BCUT2D eigenvalue weighted by molar-refractivity contribution is 0.312. The van der Waals surface area contributed by atoms with Crippen LogP contribution in [0.15, 0.2) is 0 Å². The summed E-state index contributed by atoms with van der Waals surface area (Å²) in [5.74, 6) is 0.903. The van der Waals surface area contributed by atoms with Gasteiger partial charge in [0.25, 0.3) is 0 Å². The van der Waals surface area contributed by atoms with Gasteiger partial charge in [0.1, 0.15) is 0 Å². The summed E-state index contributed by atoms with van der Waals surface area (Å²) in [7, 11) is 4.27. The normalized spacial score (nSPS) is 9.82. The molecule has 0 aliphatic heterocycles. The van der Waals surface area contributed by atoms with Crippen molar-refractivity contribution in [2.24, 2.45) is 5.92 Å². The number of nitrogens with zero attached hydrogens (tertiary/aromatic N) is 1. The minimum atomic E-state index is 0.903. The molecule has 0 aliphatic carbocycles. The smallest absolute Gasteiger partial charge is 0.000335 e. The number of hydrogen-bond donors (Lipinski definition) is 0. The van der Waals surface area contributed by atoms with Crippen molar-refractivity contribution in [2.45, 2.75) is 40.5 Å². The van der Waals surface area contributed by atoms with Crippen LogP contribution < -0.4 is 0 Å². The van der Waals surface area contributed by atoms with E-state index in [2.05, 4.69) is 32.8 Å². The summed E-state index contributed by atoms with van der Waals surface area (Å²) in [5.41, 5.74) is 0. The van der Waals surface area contributed by atoms with Crippen molar-refractivity contribution >= 4 is 0 Å².